The number of aliphatic carboxylic acids is 1. The Hall–Kier alpha value is -3.30. The highest BCUT2D eigenvalue weighted by molar-refractivity contribution is 5.78. The quantitative estimate of drug-likeness (QED) is 0.621. The zero-order chi connectivity index (χ0) is 23.6. The van der Waals surface area contributed by atoms with Gasteiger partial charge in [0.25, 0.3) is 0 Å². The fourth-order valence-corrected chi connectivity index (χ4v) is 4.38. The maximum atomic E-state index is 13.1. The molecule has 1 fully saturated rings. The second-order valence-electron chi connectivity index (χ2n) is 8.29. The Kier molecular flexibility index (Phi) is 6.44. The molecule has 1 saturated heterocycles. The average molecular weight is 462 g/mol. The first-order valence-electron chi connectivity index (χ1n) is 10.9. The molecule has 1 atom stereocenters. The maximum absolute atomic E-state index is 13.1. The Morgan fingerprint density at radius 1 is 1.21 bits per heavy atom. The van der Waals surface area contributed by atoms with Gasteiger partial charge in [0.1, 0.15) is 5.82 Å². The van der Waals surface area contributed by atoms with Gasteiger partial charge in [-0.1, -0.05) is 18.2 Å². The molecule has 2 amide bonds. The van der Waals surface area contributed by atoms with E-state index in [1.807, 2.05) is 6.07 Å². The van der Waals surface area contributed by atoms with Gasteiger partial charge in [-0.25, -0.2) is 9.78 Å². The first-order valence-corrected chi connectivity index (χ1v) is 10.9. The molecule has 1 unspecified atom stereocenters. The second-order valence-corrected chi connectivity index (χ2v) is 8.29. The molecule has 1 aromatic carbocycles. The molecule has 2 aliphatic heterocycles. The largest absolute Gasteiger partial charge is 0.481 e. The lowest BCUT2D eigenvalue weighted by Gasteiger charge is -2.28. The number of urea groups is 1. The highest BCUT2D eigenvalue weighted by Crippen LogP contribution is 2.34. The first-order chi connectivity index (χ1) is 15.7. The summed E-state index contributed by atoms with van der Waals surface area (Å²) in [6.45, 7) is 2.00. The van der Waals surface area contributed by atoms with Crippen molar-refractivity contribution in [2.75, 3.05) is 31.5 Å². The second kappa shape index (κ2) is 9.29. The number of carbonyl (C=O) groups is 2. The summed E-state index contributed by atoms with van der Waals surface area (Å²) in [6, 6.07) is 7.26. The van der Waals surface area contributed by atoms with Crippen molar-refractivity contribution in [2.24, 2.45) is 0 Å². The number of aromatic nitrogens is 1. The first kappa shape index (κ1) is 22.9. The van der Waals surface area contributed by atoms with Crippen LogP contribution in [-0.4, -0.2) is 58.1 Å². The predicted molar refractivity (Wildman–Crippen MR) is 115 cm³/mol. The van der Waals surface area contributed by atoms with E-state index in [0.717, 1.165) is 36.6 Å². The van der Waals surface area contributed by atoms with Crippen molar-refractivity contribution in [1.29, 1.82) is 0 Å². The number of hydrogen-bond acceptors (Lipinski definition) is 4. The van der Waals surface area contributed by atoms with Crippen molar-refractivity contribution in [3.63, 3.8) is 0 Å². The molecule has 0 saturated carbocycles. The fourth-order valence-electron chi connectivity index (χ4n) is 4.38. The third-order valence-electron chi connectivity index (χ3n) is 6.05. The van der Waals surface area contributed by atoms with Gasteiger partial charge in [0.2, 0.25) is 0 Å². The molecule has 33 heavy (non-hydrogen) atoms. The molecule has 10 heteroatoms. The minimum atomic E-state index is -4.55. The number of anilines is 1. The molecule has 0 aliphatic carbocycles. The summed E-state index contributed by atoms with van der Waals surface area (Å²) in [5.41, 5.74) is 1.43. The van der Waals surface area contributed by atoms with Crippen molar-refractivity contribution >= 4 is 17.8 Å². The smallest absolute Gasteiger partial charge is 0.416 e. The predicted octanol–water partition coefficient (Wildman–Crippen LogP) is 3.95. The minimum Gasteiger partial charge on any atom is -0.481 e. The number of pyridine rings is 1. The molecule has 3 heterocycles. The summed E-state index contributed by atoms with van der Waals surface area (Å²) in [5.74, 6) is -0.270. The number of nitrogens with zero attached hydrogens (tertiary/aromatic N) is 3. The summed E-state index contributed by atoms with van der Waals surface area (Å²) in [5, 5.41) is 12.6. The fraction of sp³-hybridized carbons (Fsp3) is 0.435. The van der Waals surface area contributed by atoms with Gasteiger partial charge in [0.15, 0.2) is 0 Å². The Morgan fingerprint density at radius 2 is 2.03 bits per heavy atom. The van der Waals surface area contributed by atoms with E-state index in [1.54, 1.807) is 4.90 Å². The molecular formula is C23H25F3N4O3. The third kappa shape index (κ3) is 5.20. The van der Waals surface area contributed by atoms with Crippen molar-refractivity contribution in [3.05, 3.63) is 58.8 Å². The number of rotatable bonds is 8. The van der Waals surface area contributed by atoms with Gasteiger partial charge in [-0.15, -0.1) is 0 Å². The van der Waals surface area contributed by atoms with Crippen LogP contribution in [0.1, 0.15) is 41.3 Å². The lowest BCUT2D eigenvalue weighted by atomic mass is 10.00. The molecule has 176 valence electrons. The van der Waals surface area contributed by atoms with E-state index in [4.69, 9.17) is 0 Å². The van der Waals surface area contributed by atoms with Crippen LogP contribution in [0.4, 0.5) is 23.8 Å². The zero-order valence-electron chi connectivity index (χ0n) is 17.9. The summed E-state index contributed by atoms with van der Waals surface area (Å²) in [4.78, 5) is 32.0. The highest BCUT2D eigenvalue weighted by Gasteiger charge is 2.37. The summed E-state index contributed by atoms with van der Waals surface area (Å²) in [6.07, 6.45) is -2.69. The standard InChI is InChI=1S/C23H25F3N4O3/c24-23(25,26)17-4-1-3-16(13-17)19(14-20(31)32)30-12-11-29(22(30)33)10-2-5-18-7-6-15-8-9-27-21(15)28-18/h1,3-4,6-7,13,19H,2,5,8-12,14H2,(H,27,28)(H,31,32). The van der Waals surface area contributed by atoms with Crippen LogP contribution in [0.2, 0.25) is 0 Å². The lowest BCUT2D eigenvalue weighted by molar-refractivity contribution is -0.138. The molecule has 2 aromatic rings. The number of aryl methyl sites for hydroxylation is 1. The molecule has 1 aromatic heterocycles. The van der Waals surface area contributed by atoms with E-state index < -0.39 is 30.2 Å². The van der Waals surface area contributed by atoms with Crippen LogP contribution in [0.5, 0.6) is 0 Å². The van der Waals surface area contributed by atoms with Crippen molar-refractivity contribution < 1.29 is 27.9 Å². The molecule has 0 radical (unpaired) electrons. The Morgan fingerprint density at radius 3 is 2.79 bits per heavy atom. The number of halogens is 3. The van der Waals surface area contributed by atoms with Crippen LogP contribution in [-0.2, 0) is 23.8 Å². The van der Waals surface area contributed by atoms with Gasteiger partial charge in [0, 0.05) is 31.9 Å². The third-order valence-corrected chi connectivity index (χ3v) is 6.05. The summed E-state index contributed by atoms with van der Waals surface area (Å²) >= 11 is 0. The van der Waals surface area contributed by atoms with Crippen LogP contribution in [0, 0.1) is 0 Å². The molecule has 0 spiro atoms. The van der Waals surface area contributed by atoms with E-state index >= 15 is 0 Å². The van der Waals surface area contributed by atoms with E-state index in [9.17, 15) is 27.9 Å². The average Bonchev–Trinajstić information content (AvgIpc) is 3.38. The number of carboxylic acid groups (broad SMARTS) is 1. The van der Waals surface area contributed by atoms with Gasteiger partial charge >= 0.3 is 18.2 Å². The zero-order valence-corrected chi connectivity index (χ0v) is 17.9. The number of hydrogen-bond donors (Lipinski definition) is 2. The lowest BCUT2D eigenvalue weighted by Crippen LogP contribution is -2.36. The highest BCUT2D eigenvalue weighted by atomic mass is 19.4. The SMILES string of the molecule is O=C(O)CC(c1cccc(C(F)(F)F)c1)N1CCN(CCCc2ccc3c(n2)NCC3)C1=O. The van der Waals surface area contributed by atoms with Crippen LogP contribution >= 0.6 is 0 Å². The van der Waals surface area contributed by atoms with Crippen LogP contribution < -0.4 is 5.32 Å². The normalized spacial score (nSPS) is 16.6. The van der Waals surface area contributed by atoms with Crippen LogP contribution in [0.15, 0.2) is 36.4 Å². The number of carboxylic acids is 1. The van der Waals surface area contributed by atoms with Gasteiger partial charge in [-0.05, 0) is 48.6 Å². The van der Waals surface area contributed by atoms with Gasteiger partial charge in [0.05, 0.1) is 18.0 Å². The number of alkyl halides is 3. The number of nitrogens with one attached hydrogen (secondary N) is 1. The number of benzene rings is 1. The topological polar surface area (TPSA) is 85.8 Å². The van der Waals surface area contributed by atoms with Gasteiger partial charge < -0.3 is 20.2 Å². The van der Waals surface area contributed by atoms with E-state index in [-0.39, 0.29) is 18.1 Å². The van der Waals surface area contributed by atoms with Crippen LogP contribution in [0.3, 0.4) is 0 Å². The monoisotopic (exact) mass is 462 g/mol. The van der Waals surface area contributed by atoms with E-state index in [2.05, 4.69) is 16.4 Å². The van der Waals surface area contributed by atoms with Crippen molar-refractivity contribution in [1.82, 2.24) is 14.8 Å². The molecule has 4 rings (SSSR count). The van der Waals surface area contributed by atoms with Crippen molar-refractivity contribution in [3.8, 4) is 0 Å². The van der Waals surface area contributed by atoms with Gasteiger partial charge in [-0.2, -0.15) is 13.2 Å². The Bertz CT molecular complexity index is 1040. The Labute approximate surface area is 189 Å². The maximum Gasteiger partial charge on any atom is 0.416 e. The molecule has 2 N–H and O–H groups in total. The minimum absolute atomic E-state index is 0.164. The molecule has 2 aliphatic rings. The Balaban J connectivity index is 1.41. The van der Waals surface area contributed by atoms with E-state index in [1.165, 1.54) is 22.6 Å². The molecule has 7 nitrogen and oxygen atoms in total. The van der Waals surface area contributed by atoms with E-state index in [0.29, 0.717) is 25.9 Å². The summed E-state index contributed by atoms with van der Waals surface area (Å²) in [7, 11) is 0. The van der Waals surface area contributed by atoms with Crippen molar-refractivity contribution in [2.45, 2.75) is 37.9 Å². The number of fused-ring (bicyclic) bond motifs is 1. The van der Waals surface area contributed by atoms with Crippen LogP contribution in [0.25, 0.3) is 0 Å². The summed E-state index contributed by atoms with van der Waals surface area (Å²) < 4.78 is 39.4. The molecular weight excluding hydrogens is 437 g/mol. The van der Waals surface area contributed by atoms with Gasteiger partial charge in [-0.3, -0.25) is 4.79 Å². The number of carbonyl (C=O) groups excluding carboxylic acids is 1. The number of amides is 2. The molecule has 0 bridgehead atoms.